The Morgan fingerprint density at radius 3 is 2.65 bits per heavy atom. The smallest absolute Gasteiger partial charge is 0.322 e. The van der Waals surface area contributed by atoms with Crippen LogP contribution in [0.1, 0.15) is 31.1 Å². The first-order valence-corrected chi connectivity index (χ1v) is 5.83. The van der Waals surface area contributed by atoms with Crippen LogP contribution in [0.5, 0.6) is 0 Å². The van der Waals surface area contributed by atoms with Crippen molar-refractivity contribution in [3.63, 3.8) is 0 Å². The number of nitrogens with zero attached hydrogens (tertiary/aromatic N) is 1. The van der Waals surface area contributed by atoms with Crippen molar-refractivity contribution in [3.8, 4) is 0 Å². The molecule has 1 aromatic rings. The van der Waals surface area contributed by atoms with Gasteiger partial charge in [-0.25, -0.2) is 4.98 Å². The molecule has 94 valence electrons. The molecule has 0 atom stereocenters. The molecule has 1 fully saturated rings. The Labute approximate surface area is 100 Å². The summed E-state index contributed by atoms with van der Waals surface area (Å²) in [6.45, 7) is 6.58. The van der Waals surface area contributed by atoms with Gasteiger partial charge in [-0.05, 0) is 19.3 Å². The van der Waals surface area contributed by atoms with Gasteiger partial charge in [0.15, 0.2) is 5.41 Å². The molecule has 2 rings (SSSR count). The number of ether oxygens (including phenoxy) is 1. The number of H-pyrrole nitrogens is 1. The van der Waals surface area contributed by atoms with Gasteiger partial charge in [-0.1, -0.05) is 13.8 Å². The first-order valence-electron chi connectivity index (χ1n) is 5.83. The number of hydrogen-bond donors (Lipinski definition) is 2. The van der Waals surface area contributed by atoms with Crippen molar-refractivity contribution in [1.82, 2.24) is 9.97 Å². The van der Waals surface area contributed by atoms with Crippen LogP contribution in [-0.2, 0) is 21.4 Å². The van der Waals surface area contributed by atoms with E-state index in [9.17, 15) is 9.90 Å². The van der Waals surface area contributed by atoms with Crippen LogP contribution >= 0.6 is 0 Å². The molecule has 0 saturated carbocycles. The van der Waals surface area contributed by atoms with Crippen molar-refractivity contribution in [2.75, 3.05) is 13.2 Å². The van der Waals surface area contributed by atoms with E-state index < -0.39 is 11.4 Å². The average Bonchev–Trinajstić information content (AvgIpc) is 2.43. The first-order chi connectivity index (χ1) is 7.95. The van der Waals surface area contributed by atoms with Crippen molar-refractivity contribution in [3.05, 3.63) is 17.2 Å². The highest BCUT2D eigenvalue weighted by Gasteiger charge is 2.50. The quantitative estimate of drug-likeness (QED) is 0.828. The Balaban J connectivity index is 2.30. The van der Waals surface area contributed by atoms with Crippen LogP contribution in [0.25, 0.3) is 0 Å². The van der Waals surface area contributed by atoms with E-state index in [4.69, 9.17) is 4.74 Å². The average molecular weight is 238 g/mol. The summed E-state index contributed by atoms with van der Waals surface area (Å²) < 4.78 is 5.04. The largest absolute Gasteiger partial charge is 0.480 e. The maximum absolute atomic E-state index is 11.3. The van der Waals surface area contributed by atoms with Crippen LogP contribution in [0.4, 0.5) is 0 Å². The normalized spacial score (nSPS) is 18.1. The maximum atomic E-state index is 11.3. The number of rotatable bonds is 4. The van der Waals surface area contributed by atoms with Gasteiger partial charge in [0.1, 0.15) is 5.82 Å². The molecule has 1 aliphatic rings. The second kappa shape index (κ2) is 4.14. The van der Waals surface area contributed by atoms with E-state index in [1.165, 1.54) is 0 Å². The molecule has 1 aromatic heterocycles. The maximum Gasteiger partial charge on any atom is 0.322 e. The van der Waals surface area contributed by atoms with Crippen LogP contribution < -0.4 is 0 Å². The first kappa shape index (κ1) is 12.1. The third-order valence-corrected chi connectivity index (χ3v) is 3.15. The summed E-state index contributed by atoms with van der Waals surface area (Å²) in [5.74, 6) is 0.168. The number of aromatic nitrogens is 2. The fourth-order valence-electron chi connectivity index (χ4n) is 1.98. The number of carboxylic acids is 1. The summed E-state index contributed by atoms with van der Waals surface area (Å²) in [5, 5.41) is 9.28. The Morgan fingerprint density at radius 1 is 1.59 bits per heavy atom. The standard InChI is InChI=1S/C12H18N2O3/c1-7(2)4-9-8(3)13-10(14-9)12(11(15)16)5-17-6-12/h7H,4-6H2,1-3H3,(H,13,14)(H,15,16). The van der Waals surface area contributed by atoms with E-state index in [2.05, 4.69) is 23.8 Å². The van der Waals surface area contributed by atoms with Crippen LogP contribution in [0.3, 0.4) is 0 Å². The predicted octanol–water partition coefficient (Wildman–Crippen LogP) is 1.27. The fraction of sp³-hybridized carbons (Fsp3) is 0.667. The SMILES string of the molecule is Cc1[nH]c(C2(C(=O)O)COC2)nc1CC(C)C. The van der Waals surface area contributed by atoms with Gasteiger partial charge < -0.3 is 14.8 Å². The lowest BCUT2D eigenvalue weighted by Crippen LogP contribution is -2.53. The van der Waals surface area contributed by atoms with Crippen molar-refractivity contribution in [2.24, 2.45) is 5.92 Å². The van der Waals surface area contributed by atoms with E-state index in [-0.39, 0.29) is 13.2 Å². The monoisotopic (exact) mass is 238 g/mol. The van der Waals surface area contributed by atoms with Gasteiger partial charge in [0.2, 0.25) is 0 Å². The van der Waals surface area contributed by atoms with Crippen LogP contribution in [0.2, 0.25) is 0 Å². The summed E-state index contributed by atoms with van der Waals surface area (Å²) in [6, 6.07) is 0. The Bertz CT molecular complexity index is 433. The van der Waals surface area contributed by atoms with Gasteiger partial charge in [-0.3, -0.25) is 4.79 Å². The zero-order valence-corrected chi connectivity index (χ0v) is 10.4. The van der Waals surface area contributed by atoms with E-state index in [0.717, 1.165) is 17.8 Å². The minimum absolute atomic E-state index is 0.205. The van der Waals surface area contributed by atoms with E-state index in [0.29, 0.717) is 11.7 Å². The van der Waals surface area contributed by atoms with Crippen LogP contribution in [0.15, 0.2) is 0 Å². The van der Waals surface area contributed by atoms with Crippen molar-refractivity contribution in [2.45, 2.75) is 32.6 Å². The fourth-order valence-corrected chi connectivity index (χ4v) is 1.98. The van der Waals surface area contributed by atoms with Gasteiger partial charge in [-0.2, -0.15) is 0 Å². The van der Waals surface area contributed by atoms with E-state index in [1.807, 2.05) is 6.92 Å². The molecular formula is C12H18N2O3. The molecule has 0 aliphatic carbocycles. The zero-order valence-electron chi connectivity index (χ0n) is 10.4. The lowest BCUT2D eigenvalue weighted by Gasteiger charge is -2.35. The lowest BCUT2D eigenvalue weighted by molar-refractivity contribution is -0.163. The molecule has 0 unspecified atom stereocenters. The minimum Gasteiger partial charge on any atom is -0.480 e. The molecule has 5 heteroatoms. The topological polar surface area (TPSA) is 75.2 Å². The van der Waals surface area contributed by atoms with Gasteiger partial charge in [-0.15, -0.1) is 0 Å². The molecule has 1 aliphatic heterocycles. The number of aromatic amines is 1. The Kier molecular flexibility index (Phi) is 2.95. The molecule has 0 radical (unpaired) electrons. The number of aryl methyl sites for hydroxylation is 1. The van der Waals surface area contributed by atoms with Gasteiger partial charge in [0.05, 0.1) is 18.9 Å². The Hall–Kier alpha value is -1.36. The third kappa shape index (κ3) is 1.95. The second-order valence-corrected chi connectivity index (χ2v) is 5.14. The minimum atomic E-state index is -0.958. The Morgan fingerprint density at radius 2 is 2.24 bits per heavy atom. The molecule has 0 spiro atoms. The van der Waals surface area contributed by atoms with Crippen molar-refractivity contribution < 1.29 is 14.6 Å². The molecule has 17 heavy (non-hydrogen) atoms. The summed E-state index contributed by atoms with van der Waals surface area (Å²) >= 11 is 0. The number of hydrogen-bond acceptors (Lipinski definition) is 3. The summed E-state index contributed by atoms with van der Waals surface area (Å²) in [7, 11) is 0. The number of imidazole rings is 1. The van der Waals surface area contributed by atoms with Crippen LogP contribution in [-0.4, -0.2) is 34.3 Å². The molecular weight excluding hydrogens is 220 g/mol. The van der Waals surface area contributed by atoms with Crippen LogP contribution in [0, 0.1) is 12.8 Å². The molecule has 0 aromatic carbocycles. The third-order valence-electron chi connectivity index (χ3n) is 3.15. The molecule has 0 bridgehead atoms. The number of aliphatic carboxylic acids is 1. The lowest BCUT2D eigenvalue weighted by atomic mass is 9.85. The highest BCUT2D eigenvalue weighted by molar-refractivity contribution is 5.81. The molecule has 0 amide bonds. The van der Waals surface area contributed by atoms with E-state index in [1.54, 1.807) is 0 Å². The summed E-state index contributed by atoms with van der Waals surface area (Å²) in [6.07, 6.45) is 0.860. The van der Waals surface area contributed by atoms with Gasteiger partial charge >= 0.3 is 5.97 Å². The van der Waals surface area contributed by atoms with Gasteiger partial charge in [0, 0.05) is 5.69 Å². The highest BCUT2D eigenvalue weighted by Crippen LogP contribution is 2.31. The molecule has 1 saturated heterocycles. The van der Waals surface area contributed by atoms with E-state index >= 15 is 0 Å². The molecule has 5 nitrogen and oxygen atoms in total. The van der Waals surface area contributed by atoms with Crippen molar-refractivity contribution >= 4 is 5.97 Å². The number of carbonyl (C=O) groups is 1. The highest BCUT2D eigenvalue weighted by atomic mass is 16.5. The molecule has 2 heterocycles. The molecule has 2 N–H and O–H groups in total. The number of nitrogens with one attached hydrogen (secondary N) is 1. The summed E-state index contributed by atoms with van der Waals surface area (Å²) in [4.78, 5) is 18.9. The zero-order chi connectivity index (χ0) is 12.6. The predicted molar refractivity (Wildman–Crippen MR) is 62.0 cm³/mol. The summed E-state index contributed by atoms with van der Waals surface area (Å²) in [5.41, 5.74) is 0.962. The number of carboxylic acid groups (broad SMARTS) is 1. The van der Waals surface area contributed by atoms with Gasteiger partial charge in [0.25, 0.3) is 0 Å². The van der Waals surface area contributed by atoms with Crippen molar-refractivity contribution in [1.29, 1.82) is 0 Å². The second-order valence-electron chi connectivity index (χ2n) is 5.14.